The van der Waals surface area contributed by atoms with E-state index in [0.717, 1.165) is 29.8 Å². The highest BCUT2D eigenvalue weighted by Crippen LogP contribution is 2.60. The zero-order valence-electron chi connectivity index (χ0n) is 8.50. The first-order chi connectivity index (χ1) is 7.26. The van der Waals surface area contributed by atoms with Crippen molar-refractivity contribution in [2.45, 2.75) is 18.3 Å². The molecule has 0 aromatic heterocycles. The SMILES string of the molecule is NCC1CC12CCOc1ccc(Br)cc12. The van der Waals surface area contributed by atoms with E-state index in [2.05, 4.69) is 28.1 Å². The van der Waals surface area contributed by atoms with E-state index in [4.69, 9.17) is 10.5 Å². The van der Waals surface area contributed by atoms with Crippen molar-refractivity contribution >= 4 is 15.9 Å². The van der Waals surface area contributed by atoms with Gasteiger partial charge in [0.25, 0.3) is 0 Å². The third kappa shape index (κ3) is 1.33. The van der Waals surface area contributed by atoms with E-state index < -0.39 is 0 Å². The van der Waals surface area contributed by atoms with Gasteiger partial charge >= 0.3 is 0 Å². The summed E-state index contributed by atoms with van der Waals surface area (Å²) < 4.78 is 6.82. The molecular formula is C12H14BrNO. The number of hydrogen-bond acceptors (Lipinski definition) is 2. The predicted molar refractivity (Wildman–Crippen MR) is 63.1 cm³/mol. The third-order valence-electron chi connectivity index (χ3n) is 3.80. The Morgan fingerprint density at radius 1 is 1.53 bits per heavy atom. The van der Waals surface area contributed by atoms with Gasteiger partial charge in [-0.15, -0.1) is 0 Å². The van der Waals surface area contributed by atoms with Gasteiger partial charge in [-0.05, 0) is 43.5 Å². The van der Waals surface area contributed by atoms with Crippen LogP contribution >= 0.6 is 15.9 Å². The van der Waals surface area contributed by atoms with Gasteiger partial charge in [0.2, 0.25) is 0 Å². The fourth-order valence-corrected chi connectivity index (χ4v) is 3.18. The second-order valence-electron chi connectivity index (χ2n) is 4.53. The van der Waals surface area contributed by atoms with Crippen LogP contribution in [0.2, 0.25) is 0 Å². The second kappa shape index (κ2) is 3.22. The van der Waals surface area contributed by atoms with Crippen molar-refractivity contribution in [2.75, 3.05) is 13.2 Å². The summed E-state index contributed by atoms with van der Waals surface area (Å²) in [4.78, 5) is 0. The number of benzene rings is 1. The van der Waals surface area contributed by atoms with Crippen molar-refractivity contribution < 1.29 is 4.74 Å². The summed E-state index contributed by atoms with van der Waals surface area (Å²) in [6.07, 6.45) is 2.36. The molecule has 2 aliphatic rings. The van der Waals surface area contributed by atoms with E-state index in [0.29, 0.717) is 11.3 Å². The Bertz CT molecular complexity index is 407. The van der Waals surface area contributed by atoms with Gasteiger partial charge in [-0.25, -0.2) is 0 Å². The third-order valence-corrected chi connectivity index (χ3v) is 4.29. The van der Waals surface area contributed by atoms with Gasteiger partial charge in [0.15, 0.2) is 0 Å². The fourth-order valence-electron chi connectivity index (χ4n) is 2.82. The predicted octanol–water partition coefficient (Wildman–Crippen LogP) is 2.45. The van der Waals surface area contributed by atoms with Gasteiger partial charge in [-0.3, -0.25) is 0 Å². The molecule has 2 atom stereocenters. The van der Waals surface area contributed by atoms with Gasteiger partial charge in [-0.1, -0.05) is 15.9 Å². The first kappa shape index (κ1) is 9.67. The summed E-state index contributed by atoms with van der Waals surface area (Å²) in [5.74, 6) is 1.72. The summed E-state index contributed by atoms with van der Waals surface area (Å²) in [5, 5.41) is 0. The quantitative estimate of drug-likeness (QED) is 0.849. The van der Waals surface area contributed by atoms with Crippen LogP contribution in [0.3, 0.4) is 0 Å². The molecule has 0 bridgehead atoms. The molecule has 2 unspecified atom stereocenters. The maximum Gasteiger partial charge on any atom is 0.123 e. The topological polar surface area (TPSA) is 35.2 Å². The molecule has 3 rings (SSSR count). The van der Waals surface area contributed by atoms with Crippen LogP contribution in [0.4, 0.5) is 0 Å². The molecule has 2 nitrogen and oxygen atoms in total. The average molecular weight is 268 g/mol. The molecule has 1 saturated carbocycles. The van der Waals surface area contributed by atoms with Crippen LogP contribution < -0.4 is 10.5 Å². The number of nitrogens with two attached hydrogens (primary N) is 1. The monoisotopic (exact) mass is 267 g/mol. The summed E-state index contributed by atoms with van der Waals surface area (Å²) >= 11 is 3.52. The molecule has 1 aromatic rings. The lowest BCUT2D eigenvalue weighted by Gasteiger charge is -2.27. The lowest BCUT2D eigenvalue weighted by Crippen LogP contribution is -2.24. The van der Waals surface area contributed by atoms with E-state index in [1.807, 2.05) is 6.07 Å². The van der Waals surface area contributed by atoms with Gasteiger partial charge in [0.1, 0.15) is 5.75 Å². The highest BCUT2D eigenvalue weighted by atomic mass is 79.9. The van der Waals surface area contributed by atoms with Crippen LogP contribution in [0.15, 0.2) is 22.7 Å². The van der Waals surface area contributed by atoms with Crippen LogP contribution in [0.5, 0.6) is 5.75 Å². The largest absolute Gasteiger partial charge is 0.493 e. The molecule has 1 aliphatic heterocycles. The van der Waals surface area contributed by atoms with Crippen LogP contribution in [0.25, 0.3) is 0 Å². The first-order valence-electron chi connectivity index (χ1n) is 5.39. The minimum atomic E-state index is 0.339. The molecule has 80 valence electrons. The molecule has 3 heteroatoms. The Labute approximate surface area is 97.9 Å². The van der Waals surface area contributed by atoms with Crippen molar-refractivity contribution in [1.82, 2.24) is 0 Å². The molecule has 0 radical (unpaired) electrons. The second-order valence-corrected chi connectivity index (χ2v) is 5.45. The average Bonchev–Trinajstić information content (AvgIpc) is 2.94. The van der Waals surface area contributed by atoms with Crippen molar-refractivity contribution in [3.8, 4) is 5.75 Å². The molecule has 2 N–H and O–H groups in total. The van der Waals surface area contributed by atoms with Gasteiger partial charge in [-0.2, -0.15) is 0 Å². The number of fused-ring (bicyclic) bond motifs is 2. The Balaban J connectivity index is 2.07. The van der Waals surface area contributed by atoms with E-state index in [9.17, 15) is 0 Å². The van der Waals surface area contributed by atoms with Gasteiger partial charge in [0.05, 0.1) is 6.61 Å². The molecule has 1 spiro atoms. The van der Waals surface area contributed by atoms with Crippen LogP contribution in [-0.2, 0) is 5.41 Å². The normalized spacial score (nSPS) is 32.3. The molecule has 1 fully saturated rings. The molecule has 1 heterocycles. The van der Waals surface area contributed by atoms with Gasteiger partial charge in [0, 0.05) is 15.5 Å². The molecule has 0 amide bonds. The Kier molecular flexibility index (Phi) is 2.08. The van der Waals surface area contributed by atoms with Crippen molar-refractivity contribution in [3.63, 3.8) is 0 Å². The summed E-state index contributed by atoms with van der Waals surface area (Å²) in [6.45, 7) is 1.64. The Hall–Kier alpha value is -0.540. The minimum Gasteiger partial charge on any atom is -0.493 e. The van der Waals surface area contributed by atoms with Gasteiger partial charge < -0.3 is 10.5 Å². The smallest absolute Gasteiger partial charge is 0.123 e. The maximum atomic E-state index is 5.78. The number of hydrogen-bond donors (Lipinski definition) is 1. The van der Waals surface area contributed by atoms with Crippen molar-refractivity contribution in [2.24, 2.45) is 11.7 Å². The molecule has 0 saturated heterocycles. The highest BCUT2D eigenvalue weighted by Gasteiger charge is 2.56. The number of ether oxygens (including phenoxy) is 1. The summed E-state index contributed by atoms with van der Waals surface area (Å²) in [5.41, 5.74) is 7.48. The van der Waals surface area contributed by atoms with Crippen LogP contribution in [0.1, 0.15) is 18.4 Å². The zero-order chi connectivity index (χ0) is 10.5. The lowest BCUT2D eigenvalue weighted by molar-refractivity contribution is 0.254. The Morgan fingerprint density at radius 2 is 2.40 bits per heavy atom. The maximum absolute atomic E-state index is 5.78. The standard InChI is InChI=1S/C12H14BrNO/c13-9-1-2-11-10(5-9)12(3-4-15-11)6-8(12)7-14/h1-2,5,8H,3-4,6-7,14H2. The summed E-state index contributed by atoms with van der Waals surface area (Å²) in [7, 11) is 0. The van der Waals surface area contributed by atoms with E-state index in [-0.39, 0.29) is 0 Å². The molecule has 15 heavy (non-hydrogen) atoms. The first-order valence-corrected chi connectivity index (χ1v) is 6.18. The van der Waals surface area contributed by atoms with Crippen LogP contribution in [0, 0.1) is 5.92 Å². The van der Waals surface area contributed by atoms with Crippen molar-refractivity contribution in [3.05, 3.63) is 28.2 Å². The van der Waals surface area contributed by atoms with Crippen LogP contribution in [-0.4, -0.2) is 13.2 Å². The zero-order valence-corrected chi connectivity index (χ0v) is 10.1. The Morgan fingerprint density at radius 3 is 3.13 bits per heavy atom. The van der Waals surface area contributed by atoms with Crippen molar-refractivity contribution in [1.29, 1.82) is 0 Å². The highest BCUT2D eigenvalue weighted by molar-refractivity contribution is 9.10. The number of rotatable bonds is 1. The fraction of sp³-hybridized carbons (Fsp3) is 0.500. The minimum absolute atomic E-state index is 0.339. The van der Waals surface area contributed by atoms with E-state index >= 15 is 0 Å². The summed E-state index contributed by atoms with van der Waals surface area (Å²) in [6, 6.07) is 6.30. The lowest BCUT2D eigenvalue weighted by atomic mass is 9.87. The van der Waals surface area contributed by atoms with E-state index in [1.54, 1.807) is 0 Å². The van der Waals surface area contributed by atoms with E-state index in [1.165, 1.54) is 12.0 Å². The molecular weight excluding hydrogens is 254 g/mol. The molecule has 1 aliphatic carbocycles. The number of halogens is 1. The molecule has 1 aromatic carbocycles.